The summed E-state index contributed by atoms with van der Waals surface area (Å²) >= 11 is 0. The summed E-state index contributed by atoms with van der Waals surface area (Å²) in [4.78, 5) is 2.49. The maximum atomic E-state index is 5.89. The van der Waals surface area contributed by atoms with Crippen LogP contribution in [0.1, 0.15) is 19.3 Å². The van der Waals surface area contributed by atoms with E-state index in [0.29, 0.717) is 12.3 Å². The van der Waals surface area contributed by atoms with Crippen LogP contribution in [-0.2, 0) is 0 Å². The summed E-state index contributed by atoms with van der Waals surface area (Å²) < 4.78 is 10.8. The molecule has 1 aliphatic heterocycles. The van der Waals surface area contributed by atoms with E-state index in [1.54, 1.807) is 13.2 Å². The zero-order valence-corrected chi connectivity index (χ0v) is 11.0. The summed E-state index contributed by atoms with van der Waals surface area (Å²) in [5.74, 6) is 1.51. The minimum Gasteiger partial charge on any atom is -0.497 e. The topological polar surface area (TPSA) is 47.7 Å². The van der Waals surface area contributed by atoms with Gasteiger partial charge in [0.1, 0.15) is 11.5 Å². The van der Waals surface area contributed by atoms with E-state index in [-0.39, 0.29) is 0 Å². The first-order valence-electron chi connectivity index (χ1n) is 6.58. The zero-order valence-electron chi connectivity index (χ0n) is 11.0. The van der Waals surface area contributed by atoms with Gasteiger partial charge in [0.05, 0.1) is 19.4 Å². The molecule has 100 valence electrons. The molecule has 1 aromatic carbocycles. The van der Waals surface area contributed by atoms with Crippen LogP contribution in [0, 0.1) is 0 Å². The third kappa shape index (κ3) is 3.53. The maximum absolute atomic E-state index is 5.89. The van der Waals surface area contributed by atoms with Crippen LogP contribution in [0.15, 0.2) is 18.2 Å². The highest BCUT2D eigenvalue weighted by Gasteiger charge is 2.10. The summed E-state index contributed by atoms with van der Waals surface area (Å²) in [6.07, 6.45) is 3.73. The molecule has 1 fully saturated rings. The van der Waals surface area contributed by atoms with Crippen molar-refractivity contribution in [1.29, 1.82) is 0 Å². The summed E-state index contributed by atoms with van der Waals surface area (Å²) in [6.45, 7) is 4.32. The number of nitrogen functional groups attached to an aromatic ring is 1. The number of rotatable bonds is 6. The largest absolute Gasteiger partial charge is 0.497 e. The minimum atomic E-state index is 0.635. The smallest absolute Gasteiger partial charge is 0.142 e. The van der Waals surface area contributed by atoms with Gasteiger partial charge in [0, 0.05) is 12.6 Å². The van der Waals surface area contributed by atoms with Crippen molar-refractivity contribution in [2.45, 2.75) is 19.3 Å². The summed E-state index contributed by atoms with van der Waals surface area (Å²) in [5, 5.41) is 0. The van der Waals surface area contributed by atoms with E-state index in [4.69, 9.17) is 15.2 Å². The van der Waals surface area contributed by atoms with Crippen LogP contribution in [-0.4, -0.2) is 38.3 Å². The van der Waals surface area contributed by atoms with Crippen LogP contribution in [0.25, 0.3) is 0 Å². The number of methoxy groups -OCH3 is 1. The van der Waals surface area contributed by atoms with Crippen molar-refractivity contribution < 1.29 is 9.47 Å². The molecule has 0 aliphatic carbocycles. The molecule has 2 rings (SSSR count). The van der Waals surface area contributed by atoms with Gasteiger partial charge in [-0.25, -0.2) is 0 Å². The molecule has 0 aromatic heterocycles. The number of hydrogen-bond donors (Lipinski definition) is 1. The zero-order chi connectivity index (χ0) is 12.8. The SMILES string of the molecule is COc1ccc(OCCCN2CCCC2)c(N)c1. The van der Waals surface area contributed by atoms with Crippen molar-refractivity contribution in [1.82, 2.24) is 4.90 Å². The van der Waals surface area contributed by atoms with Crippen LogP contribution in [0.4, 0.5) is 5.69 Å². The molecule has 1 saturated heterocycles. The van der Waals surface area contributed by atoms with Gasteiger partial charge >= 0.3 is 0 Å². The van der Waals surface area contributed by atoms with E-state index in [9.17, 15) is 0 Å². The molecule has 0 bridgehead atoms. The lowest BCUT2D eigenvalue weighted by molar-refractivity contribution is 0.264. The monoisotopic (exact) mass is 250 g/mol. The van der Waals surface area contributed by atoms with Crippen molar-refractivity contribution >= 4 is 5.69 Å². The molecule has 0 unspecified atom stereocenters. The molecule has 0 spiro atoms. The lowest BCUT2D eigenvalue weighted by Crippen LogP contribution is -2.22. The Morgan fingerprint density at radius 1 is 1.28 bits per heavy atom. The second kappa shape index (κ2) is 6.50. The summed E-state index contributed by atoms with van der Waals surface area (Å²) in [7, 11) is 1.63. The molecular weight excluding hydrogens is 228 g/mol. The van der Waals surface area contributed by atoms with E-state index in [0.717, 1.165) is 24.5 Å². The lowest BCUT2D eigenvalue weighted by atomic mass is 10.3. The molecule has 0 atom stereocenters. The van der Waals surface area contributed by atoms with Gasteiger partial charge in [-0.1, -0.05) is 0 Å². The molecule has 4 nitrogen and oxygen atoms in total. The second-order valence-electron chi connectivity index (χ2n) is 4.65. The van der Waals surface area contributed by atoms with E-state index >= 15 is 0 Å². The van der Waals surface area contributed by atoms with E-state index in [2.05, 4.69) is 4.90 Å². The molecule has 1 aromatic rings. The Morgan fingerprint density at radius 3 is 2.72 bits per heavy atom. The average molecular weight is 250 g/mol. The molecule has 1 aliphatic rings. The van der Waals surface area contributed by atoms with Crippen LogP contribution < -0.4 is 15.2 Å². The van der Waals surface area contributed by atoms with Gasteiger partial charge in [-0.2, -0.15) is 0 Å². The molecule has 0 amide bonds. The summed E-state index contributed by atoms with van der Waals surface area (Å²) in [6, 6.07) is 5.52. The van der Waals surface area contributed by atoms with Crippen LogP contribution in [0.3, 0.4) is 0 Å². The molecular formula is C14H22N2O2. The molecule has 0 saturated carbocycles. The molecule has 1 heterocycles. The third-order valence-corrected chi connectivity index (χ3v) is 3.29. The quantitative estimate of drug-likeness (QED) is 0.621. The number of hydrogen-bond acceptors (Lipinski definition) is 4. The first-order valence-corrected chi connectivity index (χ1v) is 6.58. The highest BCUT2D eigenvalue weighted by atomic mass is 16.5. The van der Waals surface area contributed by atoms with Gasteiger partial charge in [0.25, 0.3) is 0 Å². The highest BCUT2D eigenvalue weighted by Crippen LogP contribution is 2.26. The Bertz CT molecular complexity index is 376. The van der Waals surface area contributed by atoms with E-state index in [1.165, 1.54) is 25.9 Å². The van der Waals surface area contributed by atoms with E-state index < -0.39 is 0 Å². The van der Waals surface area contributed by atoms with E-state index in [1.807, 2.05) is 12.1 Å². The van der Waals surface area contributed by atoms with Crippen LogP contribution in [0.5, 0.6) is 11.5 Å². The number of likely N-dealkylation sites (tertiary alicyclic amines) is 1. The molecule has 18 heavy (non-hydrogen) atoms. The Balaban J connectivity index is 1.72. The van der Waals surface area contributed by atoms with Crippen LogP contribution in [0.2, 0.25) is 0 Å². The Labute approximate surface area is 109 Å². The standard InChI is InChI=1S/C14H22N2O2/c1-17-12-5-6-14(13(15)11-12)18-10-4-9-16-7-2-3-8-16/h5-6,11H,2-4,7-10,15H2,1H3. The number of anilines is 1. The lowest BCUT2D eigenvalue weighted by Gasteiger charge is -2.15. The van der Waals surface area contributed by atoms with Gasteiger partial charge in [-0.15, -0.1) is 0 Å². The number of nitrogens with two attached hydrogens (primary N) is 1. The first kappa shape index (κ1) is 13.0. The van der Waals surface area contributed by atoms with Crippen molar-refractivity contribution in [2.24, 2.45) is 0 Å². The maximum Gasteiger partial charge on any atom is 0.142 e. The molecule has 4 heteroatoms. The third-order valence-electron chi connectivity index (χ3n) is 3.29. The minimum absolute atomic E-state index is 0.635. The fraction of sp³-hybridized carbons (Fsp3) is 0.571. The molecule has 2 N–H and O–H groups in total. The van der Waals surface area contributed by atoms with Crippen molar-refractivity contribution in [3.63, 3.8) is 0 Å². The fourth-order valence-electron chi connectivity index (χ4n) is 2.26. The average Bonchev–Trinajstić information content (AvgIpc) is 2.89. The van der Waals surface area contributed by atoms with Gasteiger partial charge in [-0.3, -0.25) is 0 Å². The predicted octanol–water partition coefficient (Wildman–Crippen LogP) is 2.14. The van der Waals surface area contributed by atoms with Crippen molar-refractivity contribution in [2.75, 3.05) is 39.1 Å². The Morgan fingerprint density at radius 2 is 2.06 bits per heavy atom. The second-order valence-corrected chi connectivity index (χ2v) is 4.65. The van der Waals surface area contributed by atoms with Crippen molar-refractivity contribution in [3.05, 3.63) is 18.2 Å². The fourth-order valence-corrected chi connectivity index (χ4v) is 2.26. The highest BCUT2D eigenvalue weighted by molar-refractivity contribution is 5.56. The van der Waals surface area contributed by atoms with Gasteiger partial charge in [0.15, 0.2) is 0 Å². The normalized spacial score (nSPS) is 15.8. The molecule has 0 radical (unpaired) electrons. The number of ether oxygens (including phenoxy) is 2. The van der Waals surface area contributed by atoms with Gasteiger partial charge in [0.2, 0.25) is 0 Å². The Hall–Kier alpha value is -1.42. The van der Waals surface area contributed by atoms with Gasteiger partial charge in [-0.05, 0) is 44.5 Å². The number of benzene rings is 1. The van der Waals surface area contributed by atoms with Gasteiger partial charge < -0.3 is 20.1 Å². The Kier molecular flexibility index (Phi) is 4.70. The first-order chi connectivity index (χ1) is 8.79. The number of nitrogens with zero attached hydrogens (tertiary/aromatic N) is 1. The predicted molar refractivity (Wildman–Crippen MR) is 73.2 cm³/mol. The van der Waals surface area contributed by atoms with Crippen molar-refractivity contribution in [3.8, 4) is 11.5 Å². The van der Waals surface area contributed by atoms with Crippen LogP contribution >= 0.6 is 0 Å². The summed E-state index contributed by atoms with van der Waals surface area (Å²) in [5.41, 5.74) is 6.52.